The van der Waals surface area contributed by atoms with Gasteiger partial charge in [-0.15, -0.1) is 11.8 Å². The fourth-order valence-electron chi connectivity index (χ4n) is 2.76. The molecule has 1 aliphatic heterocycles. The van der Waals surface area contributed by atoms with Gasteiger partial charge >= 0.3 is 6.18 Å². The van der Waals surface area contributed by atoms with Gasteiger partial charge in [-0.1, -0.05) is 17.7 Å². The van der Waals surface area contributed by atoms with Crippen LogP contribution in [0.3, 0.4) is 0 Å². The lowest BCUT2D eigenvalue weighted by molar-refractivity contribution is -0.137. The number of nitrogens with zero attached hydrogens (tertiary/aromatic N) is 2. The number of fused-ring (bicyclic) bond motifs is 1. The van der Waals surface area contributed by atoms with Gasteiger partial charge in [0, 0.05) is 5.56 Å². The van der Waals surface area contributed by atoms with E-state index in [2.05, 4.69) is 9.98 Å². The number of rotatable bonds is 1. The van der Waals surface area contributed by atoms with Crippen LogP contribution < -0.4 is 0 Å². The zero-order valence-corrected chi connectivity index (χ0v) is 15.6. The van der Waals surface area contributed by atoms with Gasteiger partial charge in [0.2, 0.25) is 0 Å². The maximum atomic E-state index is 14.4. The van der Waals surface area contributed by atoms with Crippen LogP contribution in [0, 0.1) is 11.6 Å². The Morgan fingerprint density at radius 3 is 2.22 bits per heavy atom. The highest BCUT2D eigenvalue weighted by molar-refractivity contribution is 8.13. The highest BCUT2D eigenvalue weighted by Gasteiger charge is 2.37. The summed E-state index contributed by atoms with van der Waals surface area (Å²) in [5, 5.41) is -0.210. The number of hydrogen-bond acceptors (Lipinski definition) is 3. The lowest BCUT2D eigenvalue weighted by Gasteiger charge is -2.16. The quantitative estimate of drug-likeness (QED) is 0.501. The molecule has 1 heterocycles. The van der Waals surface area contributed by atoms with Crippen LogP contribution in [0.4, 0.5) is 27.6 Å². The van der Waals surface area contributed by atoms with Crippen LogP contribution in [-0.2, 0) is 6.18 Å². The van der Waals surface area contributed by atoms with Crippen molar-refractivity contribution in [2.24, 2.45) is 9.98 Å². The van der Waals surface area contributed by atoms with E-state index in [0.29, 0.717) is 5.04 Å². The van der Waals surface area contributed by atoms with Crippen molar-refractivity contribution in [2.45, 2.75) is 19.1 Å². The first-order valence-electron chi connectivity index (χ1n) is 7.70. The first kappa shape index (κ1) is 19.8. The molecular weight excluding hydrogens is 407 g/mol. The monoisotopic (exact) mass is 418 g/mol. The van der Waals surface area contributed by atoms with Crippen LogP contribution in [0.2, 0.25) is 5.02 Å². The molecule has 2 aromatic rings. The minimum absolute atomic E-state index is 0.0723. The van der Waals surface area contributed by atoms with E-state index in [-0.39, 0.29) is 17.0 Å². The molecule has 0 N–H and O–H groups in total. The van der Waals surface area contributed by atoms with Crippen LogP contribution in [0.25, 0.3) is 0 Å². The molecule has 9 heteroatoms. The van der Waals surface area contributed by atoms with Crippen molar-refractivity contribution in [3.05, 3.63) is 63.7 Å². The van der Waals surface area contributed by atoms with E-state index in [9.17, 15) is 22.0 Å². The van der Waals surface area contributed by atoms with E-state index in [1.807, 2.05) is 0 Å². The Hall–Kier alpha value is -1.93. The molecule has 1 aliphatic rings. The summed E-state index contributed by atoms with van der Waals surface area (Å²) in [5.41, 5.74) is -2.13. The molecule has 2 aromatic carbocycles. The fourth-order valence-corrected chi connectivity index (χ4v) is 3.70. The molecule has 1 atom stereocenters. The standard InChI is InChI=1S/C18H12ClF5N2S/c1-8-17(27-2)26-12-7-6-9(18(22,23)24)15(19)14(12)16(25-8)13-10(20)4-3-5-11(13)21/h3-8H,1-2H3. The first-order valence-corrected chi connectivity index (χ1v) is 9.30. The number of benzene rings is 2. The number of aliphatic imine (C=N–C) groups is 2. The van der Waals surface area contributed by atoms with Gasteiger partial charge in [-0.3, -0.25) is 4.99 Å². The summed E-state index contributed by atoms with van der Waals surface area (Å²) in [4.78, 5) is 8.60. The number of alkyl halides is 3. The van der Waals surface area contributed by atoms with Gasteiger partial charge in [-0.25, -0.2) is 13.8 Å². The molecule has 1 unspecified atom stereocenters. The molecule has 0 saturated heterocycles. The Morgan fingerprint density at radius 1 is 1.04 bits per heavy atom. The van der Waals surface area contributed by atoms with Crippen molar-refractivity contribution in [1.29, 1.82) is 0 Å². The molecule has 3 rings (SSSR count). The maximum absolute atomic E-state index is 14.4. The van der Waals surface area contributed by atoms with Gasteiger partial charge in [-0.2, -0.15) is 13.2 Å². The topological polar surface area (TPSA) is 24.7 Å². The molecule has 0 bridgehead atoms. The van der Waals surface area contributed by atoms with E-state index < -0.39 is 40.0 Å². The number of halogens is 6. The minimum Gasteiger partial charge on any atom is -0.274 e. The number of hydrogen-bond donors (Lipinski definition) is 0. The fraction of sp³-hybridized carbons (Fsp3) is 0.222. The Labute approximate surface area is 161 Å². The third-order valence-corrected chi connectivity index (χ3v) is 5.22. The second kappa shape index (κ2) is 7.24. The zero-order valence-electron chi connectivity index (χ0n) is 14.0. The van der Waals surface area contributed by atoms with Crippen LogP contribution in [-0.4, -0.2) is 23.1 Å². The maximum Gasteiger partial charge on any atom is 0.417 e. The van der Waals surface area contributed by atoms with E-state index in [0.717, 1.165) is 30.3 Å². The van der Waals surface area contributed by atoms with Gasteiger partial charge in [0.25, 0.3) is 0 Å². The normalized spacial score (nSPS) is 17.1. The van der Waals surface area contributed by atoms with Crippen molar-refractivity contribution in [3.8, 4) is 0 Å². The Balaban J connectivity index is 2.41. The van der Waals surface area contributed by atoms with Crippen LogP contribution in [0.5, 0.6) is 0 Å². The molecular formula is C18H12ClF5N2S. The van der Waals surface area contributed by atoms with E-state index in [4.69, 9.17) is 11.6 Å². The Bertz CT molecular complexity index is 949. The van der Waals surface area contributed by atoms with E-state index >= 15 is 0 Å². The van der Waals surface area contributed by atoms with Gasteiger partial charge in [0.15, 0.2) is 0 Å². The first-order chi connectivity index (χ1) is 12.6. The van der Waals surface area contributed by atoms with Crippen molar-refractivity contribution in [2.75, 3.05) is 6.26 Å². The summed E-state index contributed by atoms with van der Waals surface area (Å²) in [6.07, 6.45) is -3.01. The van der Waals surface area contributed by atoms with E-state index in [1.54, 1.807) is 13.2 Å². The molecule has 0 amide bonds. The Morgan fingerprint density at radius 2 is 1.67 bits per heavy atom. The van der Waals surface area contributed by atoms with Crippen molar-refractivity contribution >= 4 is 39.8 Å². The van der Waals surface area contributed by atoms with Crippen molar-refractivity contribution < 1.29 is 22.0 Å². The second-order valence-electron chi connectivity index (χ2n) is 5.72. The smallest absolute Gasteiger partial charge is 0.274 e. The van der Waals surface area contributed by atoms with Crippen LogP contribution in [0.1, 0.15) is 23.6 Å². The third kappa shape index (κ3) is 3.60. The van der Waals surface area contributed by atoms with E-state index in [1.165, 1.54) is 11.8 Å². The van der Waals surface area contributed by atoms with Crippen LogP contribution >= 0.6 is 23.4 Å². The lowest BCUT2D eigenvalue weighted by atomic mass is 9.97. The molecule has 2 nitrogen and oxygen atoms in total. The predicted molar refractivity (Wildman–Crippen MR) is 98.5 cm³/mol. The summed E-state index contributed by atoms with van der Waals surface area (Å²) in [5.74, 6) is -1.90. The average Bonchev–Trinajstić information content (AvgIpc) is 2.71. The molecule has 0 radical (unpaired) electrons. The highest BCUT2D eigenvalue weighted by Crippen LogP contribution is 2.42. The van der Waals surface area contributed by atoms with Crippen molar-refractivity contribution in [1.82, 2.24) is 0 Å². The molecule has 0 fully saturated rings. The van der Waals surface area contributed by atoms with Gasteiger partial charge in [0.05, 0.1) is 38.6 Å². The highest BCUT2D eigenvalue weighted by atomic mass is 35.5. The summed E-state index contributed by atoms with van der Waals surface area (Å²) >= 11 is 7.29. The Kier molecular flexibility index (Phi) is 5.31. The minimum atomic E-state index is -4.74. The summed E-state index contributed by atoms with van der Waals surface area (Å²) in [6, 6.07) is 4.49. The molecule has 0 aromatic heterocycles. The summed E-state index contributed by atoms with van der Waals surface area (Å²) in [6.45, 7) is 1.64. The molecule has 27 heavy (non-hydrogen) atoms. The molecule has 0 spiro atoms. The zero-order chi connectivity index (χ0) is 19.9. The molecule has 0 saturated carbocycles. The third-order valence-electron chi connectivity index (χ3n) is 3.98. The number of thioether (sulfide) groups is 1. The van der Waals surface area contributed by atoms with Crippen molar-refractivity contribution in [3.63, 3.8) is 0 Å². The van der Waals surface area contributed by atoms with Gasteiger partial charge in [-0.05, 0) is 37.4 Å². The summed E-state index contributed by atoms with van der Waals surface area (Å²) < 4.78 is 68.8. The molecule has 142 valence electrons. The average molecular weight is 419 g/mol. The molecule has 0 aliphatic carbocycles. The van der Waals surface area contributed by atoms with Crippen LogP contribution in [0.15, 0.2) is 40.3 Å². The van der Waals surface area contributed by atoms with Gasteiger partial charge in [0.1, 0.15) is 11.6 Å². The predicted octanol–water partition coefficient (Wildman–Crippen LogP) is 6.27. The largest absolute Gasteiger partial charge is 0.417 e. The lowest BCUT2D eigenvalue weighted by Crippen LogP contribution is -2.16. The second-order valence-corrected chi connectivity index (χ2v) is 6.93. The SMILES string of the molecule is CSC1=Nc2ccc(C(F)(F)F)c(Cl)c2C(c2c(F)cccc2F)=NC1C. The summed E-state index contributed by atoms with van der Waals surface area (Å²) in [7, 11) is 0. The van der Waals surface area contributed by atoms with Gasteiger partial charge < -0.3 is 0 Å².